The number of aliphatic hydroxyl groups excluding tert-OH is 1. The second-order valence-corrected chi connectivity index (χ2v) is 2.39. The molecule has 1 aromatic heterocycles. The molecule has 0 amide bonds. The number of aromatic nitrogens is 1. The van der Waals surface area contributed by atoms with Gasteiger partial charge in [-0.15, -0.1) is 0 Å². The molecule has 1 heterocycles. The van der Waals surface area contributed by atoms with Crippen LogP contribution in [-0.4, -0.2) is 16.7 Å². The van der Waals surface area contributed by atoms with Gasteiger partial charge in [0.25, 0.3) is 0 Å². The molecule has 1 aromatic rings. The van der Waals surface area contributed by atoms with Crippen LogP contribution in [0, 0.1) is 0 Å². The maximum Gasteiger partial charge on any atom is 0.129 e. The summed E-state index contributed by atoms with van der Waals surface area (Å²) in [6.07, 6.45) is 5.07. The van der Waals surface area contributed by atoms with E-state index in [1.165, 1.54) is 0 Å². The fraction of sp³-hybridized carbons (Fsp3) is 0.125. The topological polar surface area (TPSA) is 33.1 Å². The van der Waals surface area contributed by atoms with Crippen LogP contribution >= 0.6 is 11.6 Å². The Balaban J connectivity index is 2.73. The van der Waals surface area contributed by atoms with Crippen molar-refractivity contribution in [2.24, 2.45) is 0 Å². The number of hydrogen-bond acceptors (Lipinski definition) is 2. The first kappa shape index (κ1) is 8.24. The van der Waals surface area contributed by atoms with Gasteiger partial charge in [0.2, 0.25) is 0 Å². The lowest BCUT2D eigenvalue weighted by molar-refractivity contribution is 0.343. The summed E-state index contributed by atoms with van der Waals surface area (Å²) in [5.41, 5.74) is 0.934. The molecule has 0 aliphatic heterocycles. The normalized spacial score (nSPS) is 10.7. The van der Waals surface area contributed by atoms with Gasteiger partial charge in [-0.25, -0.2) is 4.98 Å². The van der Waals surface area contributed by atoms with Gasteiger partial charge in [-0.1, -0.05) is 29.8 Å². The summed E-state index contributed by atoms with van der Waals surface area (Å²) in [7, 11) is 0. The summed E-state index contributed by atoms with van der Waals surface area (Å²) in [5.74, 6) is 0. The Morgan fingerprint density at radius 1 is 1.55 bits per heavy atom. The monoisotopic (exact) mass is 169 g/mol. The van der Waals surface area contributed by atoms with Crippen LogP contribution < -0.4 is 0 Å². The molecule has 0 radical (unpaired) electrons. The molecular formula is C8H8ClNO. The van der Waals surface area contributed by atoms with E-state index in [1.807, 2.05) is 6.07 Å². The summed E-state index contributed by atoms with van der Waals surface area (Å²) >= 11 is 5.56. The maximum atomic E-state index is 8.45. The van der Waals surface area contributed by atoms with Crippen molar-refractivity contribution in [2.45, 2.75) is 0 Å². The largest absolute Gasteiger partial charge is 0.392 e. The highest BCUT2D eigenvalue weighted by molar-refractivity contribution is 6.29. The van der Waals surface area contributed by atoms with E-state index in [1.54, 1.807) is 24.4 Å². The van der Waals surface area contributed by atoms with Crippen molar-refractivity contribution in [3.63, 3.8) is 0 Å². The van der Waals surface area contributed by atoms with Crippen molar-refractivity contribution >= 4 is 17.7 Å². The number of pyridine rings is 1. The van der Waals surface area contributed by atoms with Crippen molar-refractivity contribution in [2.75, 3.05) is 6.61 Å². The van der Waals surface area contributed by atoms with Crippen LogP contribution in [0.1, 0.15) is 5.56 Å². The van der Waals surface area contributed by atoms with E-state index in [0.29, 0.717) is 5.15 Å². The second kappa shape index (κ2) is 4.11. The fourth-order valence-corrected chi connectivity index (χ4v) is 0.786. The molecule has 0 aliphatic rings. The van der Waals surface area contributed by atoms with Gasteiger partial charge in [-0.05, 0) is 11.6 Å². The van der Waals surface area contributed by atoms with Gasteiger partial charge in [0.1, 0.15) is 5.15 Å². The smallest absolute Gasteiger partial charge is 0.129 e. The van der Waals surface area contributed by atoms with Gasteiger partial charge in [0.05, 0.1) is 6.61 Å². The minimum Gasteiger partial charge on any atom is -0.392 e. The summed E-state index contributed by atoms with van der Waals surface area (Å²) < 4.78 is 0. The highest BCUT2D eigenvalue weighted by Crippen LogP contribution is 2.05. The summed E-state index contributed by atoms with van der Waals surface area (Å²) in [5, 5.41) is 8.93. The second-order valence-electron chi connectivity index (χ2n) is 2.00. The first-order chi connectivity index (χ1) is 5.33. The highest BCUT2D eigenvalue weighted by Gasteiger charge is 1.87. The third-order valence-electron chi connectivity index (χ3n) is 1.17. The zero-order chi connectivity index (χ0) is 8.10. The number of hydrogen-bond donors (Lipinski definition) is 1. The molecule has 0 saturated heterocycles. The molecule has 0 atom stereocenters. The van der Waals surface area contributed by atoms with Crippen LogP contribution in [0.3, 0.4) is 0 Å². The van der Waals surface area contributed by atoms with Crippen LogP contribution in [0.5, 0.6) is 0 Å². The van der Waals surface area contributed by atoms with Crippen molar-refractivity contribution in [1.82, 2.24) is 4.98 Å². The average Bonchev–Trinajstić information content (AvgIpc) is 2.04. The number of nitrogens with zero attached hydrogens (tertiary/aromatic N) is 1. The minimum atomic E-state index is 0.0443. The van der Waals surface area contributed by atoms with Gasteiger partial charge in [-0.2, -0.15) is 0 Å². The lowest BCUT2D eigenvalue weighted by Gasteiger charge is -1.90. The van der Waals surface area contributed by atoms with E-state index in [4.69, 9.17) is 16.7 Å². The lowest BCUT2D eigenvalue weighted by atomic mass is 10.3. The fourth-order valence-electron chi connectivity index (χ4n) is 0.675. The van der Waals surface area contributed by atoms with Crippen LogP contribution in [0.2, 0.25) is 5.15 Å². The molecule has 0 aliphatic carbocycles. The molecule has 0 spiro atoms. The molecule has 0 saturated carbocycles. The molecule has 58 valence electrons. The summed E-state index contributed by atoms with van der Waals surface area (Å²) in [6.45, 7) is 0.0443. The standard InChI is InChI=1S/C8H8ClNO/c9-8-4-3-7(6-10-8)2-1-5-11/h1-4,6,11H,5H2/b2-1+. The zero-order valence-corrected chi connectivity index (χ0v) is 6.62. The molecule has 11 heavy (non-hydrogen) atoms. The third kappa shape index (κ3) is 2.70. The summed E-state index contributed by atoms with van der Waals surface area (Å²) in [6, 6.07) is 3.54. The Morgan fingerprint density at radius 2 is 2.36 bits per heavy atom. The van der Waals surface area contributed by atoms with E-state index in [9.17, 15) is 0 Å². The van der Waals surface area contributed by atoms with Crippen molar-refractivity contribution in [3.05, 3.63) is 35.1 Å². The van der Waals surface area contributed by atoms with E-state index in [0.717, 1.165) is 5.56 Å². The number of halogens is 1. The molecule has 0 bridgehead atoms. The van der Waals surface area contributed by atoms with E-state index >= 15 is 0 Å². The first-order valence-corrected chi connectivity index (χ1v) is 3.59. The highest BCUT2D eigenvalue weighted by atomic mass is 35.5. The summed E-state index contributed by atoms with van der Waals surface area (Å²) in [4.78, 5) is 3.86. The van der Waals surface area contributed by atoms with Gasteiger partial charge in [-0.3, -0.25) is 0 Å². The van der Waals surface area contributed by atoms with Crippen molar-refractivity contribution in [3.8, 4) is 0 Å². The Bertz CT molecular complexity index is 243. The average molecular weight is 170 g/mol. The minimum absolute atomic E-state index is 0.0443. The van der Waals surface area contributed by atoms with Crippen LogP contribution in [0.4, 0.5) is 0 Å². The Labute approximate surface area is 70.2 Å². The first-order valence-electron chi connectivity index (χ1n) is 3.22. The molecule has 0 fully saturated rings. The van der Waals surface area contributed by atoms with Gasteiger partial charge >= 0.3 is 0 Å². The zero-order valence-electron chi connectivity index (χ0n) is 5.87. The van der Waals surface area contributed by atoms with Crippen LogP contribution in [-0.2, 0) is 0 Å². The van der Waals surface area contributed by atoms with E-state index in [2.05, 4.69) is 4.98 Å². The predicted molar refractivity (Wildman–Crippen MR) is 45.4 cm³/mol. The van der Waals surface area contributed by atoms with Gasteiger partial charge in [0, 0.05) is 6.20 Å². The Kier molecular flexibility index (Phi) is 3.08. The lowest BCUT2D eigenvalue weighted by Crippen LogP contribution is -1.77. The quantitative estimate of drug-likeness (QED) is 0.685. The van der Waals surface area contributed by atoms with Gasteiger partial charge in [0.15, 0.2) is 0 Å². The van der Waals surface area contributed by atoms with Crippen LogP contribution in [0.15, 0.2) is 24.4 Å². The molecule has 0 unspecified atom stereocenters. The SMILES string of the molecule is OC/C=C/c1ccc(Cl)nc1. The predicted octanol–water partition coefficient (Wildman–Crippen LogP) is 1.74. The molecule has 2 nitrogen and oxygen atoms in total. The van der Waals surface area contributed by atoms with Crippen molar-refractivity contribution < 1.29 is 5.11 Å². The van der Waals surface area contributed by atoms with Gasteiger partial charge < -0.3 is 5.11 Å². The maximum absolute atomic E-state index is 8.45. The van der Waals surface area contributed by atoms with E-state index in [-0.39, 0.29) is 6.61 Å². The third-order valence-corrected chi connectivity index (χ3v) is 1.39. The molecule has 3 heteroatoms. The molecule has 1 N–H and O–H groups in total. The van der Waals surface area contributed by atoms with Crippen LogP contribution in [0.25, 0.3) is 6.08 Å². The van der Waals surface area contributed by atoms with Crippen molar-refractivity contribution in [1.29, 1.82) is 0 Å². The molecule has 0 aromatic carbocycles. The molecular weight excluding hydrogens is 162 g/mol. The Morgan fingerprint density at radius 3 is 2.91 bits per heavy atom. The van der Waals surface area contributed by atoms with E-state index < -0.39 is 0 Å². The molecule has 1 rings (SSSR count). The number of aliphatic hydroxyl groups is 1. The number of rotatable bonds is 2. The Hall–Kier alpha value is -0.860.